The topological polar surface area (TPSA) is 42.9 Å². The van der Waals surface area contributed by atoms with Gasteiger partial charge in [-0.15, -0.1) is 0 Å². The molecule has 0 atom stereocenters. The molecule has 1 aliphatic heterocycles. The van der Waals surface area contributed by atoms with Crippen LogP contribution in [0.2, 0.25) is 0 Å². The number of rotatable bonds is 6. The van der Waals surface area contributed by atoms with Gasteiger partial charge < -0.3 is 10.6 Å². The molecule has 1 aliphatic carbocycles. The maximum atomic E-state index is 4.36. The van der Waals surface area contributed by atoms with E-state index < -0.39 is 0 Å². The molecule has 0 spiro atoms. The van der Waals surface area contributed by atoms with E-state index in [-0.39, 0.29) is 0 Å². The molecule has 1 saturated carbocycles. The molecular weight excluding hydrogens is 310 g/mol. The first-order chi connectivity index (χ1) is 12.3. The molecule has 25 heavy (non-hydrogen) atoms. The molecule has 1 aromatic rings. The molecule has 0 radical (unpaired) electrons. The smallest absolute Gasteiger partial charge is 0.191 e. The SMILES string of the molecule is CN=C(NCCN1CCN(Cc2ccccc2)CC1)NC1CCCC1. The molecule has 2 aliphatic rings. The Morgan fingerprint density at radius 3 is 2.40 bits per heavy atom. The predicted octanol–water partition coefficient (Wildman–Crippen LogP) is 1.91. The molecule has 5 nitrogen and oxygen atoms in total. The van der Waals surface area contributed by atoms with Crippen LogP contribution in [0.5, 0.6) is 0 Å². The van der Waals surface area contributed by atoms with Crippen LogP contribution < -0.4 is 10.6 Å². The van der Waals surface area contributed by atoms with E-state index in [1.165, 1.54) is 31.2 Å². The molecule has 0 amide bonds. The molecule has 1 saturated heterocycles. The van der Waals surface area contributed by atoms with E-state index >= 15 is 0 Å². The van der Waals surface area contributed by atoms with E-state index in [2.05, 4.69) is 55.8 Å². The molecule has 3 rings (SSSR count). The van der Waals surface area contributed by atoms with Crippen LogP contribution in [0.3, 0.4) is 0 Å². The van der Waals surface area contributed by atoms with Gasteiger partial charge in [-0.05, 0) is 18.4 Å². The highest BCUT2D eigenvalue weighted by atomic mass is 15.3. The minimum atomic E-state index is 0.618. The summed E-state index contributed by atoms with van der Waals surface area (Å²) in [5.74, 6) is 0.967. The molecule has 0 bridgehead atoms. The molecule has 138 valence electrons. The Balaban J connectivity index is 1.31. The fourth-order valence-electron chi connectivity index (χ4n) is 3.80. The Kier molecular flexibility index (Phi) is 7.12. The van der Waals surface area contributed by atoms with Gasteiger partial charge in [0.1, 0.15) is 0 Å². The van der Waals surface area contributed by atoms with E-state index in [0.29, 0.717) is 6.04 Å². The third-order valence-corrected chi connectivity index (χ3v) is 5.35. The Morgan fingerprint density at radius 1 is 1.04 bits per heavy atom. The Labute approximate surface area is 152 Å². The summed E-state index contributed by atoms with van der Waals surface area (Å²) >= 11 is 0. The van der Waals surface area contributed by atoms with E-state index in [1.54, 1.807) is 0 Å². The number of nitrogens with zero attached hydrogens (tertiary/aromatic N) is 3. The lowest BCUT2D eigenvalue weighted by molar-refractivity contribution is 0.129. The van der Waals surface area contributed by atoms with Crippen molar-refractivity contribution < 1.29 is 0 Å². The van der Waals surface area contributed by atoms with Gasteiger partial charge in [0.2, 0.25) is 0 Å². The van der Waals surface area contributed by atoms with Gasteiger partial charge in [0.25, 0.3) is 0 Å². The van der Waals surface area contributed by atoms with Crippen LogP contribution in [0.1, 0.15) is 31.2 Å². The molecule has 0 aromatic heterocycles. The lowest BCUT2D eigenvalue weighted by atomic mass is 10.2. The number of piperazine rings is 1. The fraction of sp³-hybridized carbons (Fsp3) is 0.650. The second-order valence-corrected chi connectivity index (χ2v) is 7.23. The number of nitrogens with one attached hydrogen (secondary N) is 2. The Bertz CT molecular complexity index is 516. The number of benzene rings is 1. The summed E-state index contributed by atoms with van der Waals surface area (Å²) in [6, 6.07) is 11.4. The van der Waals surface area contributed by atoms with Crippen LogP contribution in [-0.4, -0.2) is 68.1 Å². The van der Waals surface area contributed by atoms with E-state index in [1.807, 2.05) is 7.05 Å². The lowest BCUT2D eigenvalue weighted by Gasteiger charge is -2.34. The number of guanidine groups is 1. The zero-order chi connectivity index (χ0) is 17.3. The highest BCUT2D eigenvalue weighted by molar-refractivity contribution is 5.79. The van der Waals surface area contributed by atoms with E-state index in [0.717, 1.165) is 51.8 Å². The molecule has 1 aromatic carbocycles. The summed E-state index contributed by atoms with van der Waals surface area (Å²) in [4.78, 5) is 9.47. The largest absolute Gasteiger partial charge is 0.355 e. The fourth-order valence-corrected chi connectivity index (χ4v) is 3.80. The Morgan fingerprint density at radius 2 is 1.72 bits per heavy atom. The molecule has 0 unspecified atom stereocenters. The summed E-state index contributed by atoms with van der Waals surface area (Å²) in [5, 5.41) is 7.03. The number of hydrogen-bond acceptors (Lipinski definition) is 3. The van der Waals surface area contributed by atoms with Crippen LogP contribution in [0.15, 0.2) is 35.3 Å². The van der Waals surface area contributed by atoms with Gasteiger partial charge in [-0.1, -0.05) is 43.2 Å². The minimum absolute atomic E-state index is 0.618. The highest BCUT2D eigenvalue weighted by Gasteiger charge is 2.18. The first-order valence-corrected chi connectivity index (χ1v) is 9.79. The summed E-state index contributed by atoms with van der Waals surface area (Å²) < 4.78 is 0. The second kappa shape index (κ2) is 9.78. The molecule has 2 N–H and O–H groups in total. The van der Waals surface area contributed by atoms with E-state index in [4.69, 9.17) is 0 Å². The van der Waals surface area contributed by atoms with Gasteiger partial charge in [0.15, 0.2) is 5.96 Å². The maximum Gasteiger partial charge on any atom is 0.191 e. The summed E-state index contributed by atoms with van der Waals surface area (Å²) in [5.41, 5.74) is 1.42. The van der Waals surface area contributed by atoms with Crippen molar-refractivity contribution in [3.63, 3.8) is 0 Å². The average Bonchev–Trinajstić information content (AvgIpc) is 3.16. The summed E-state index contributed by atoms with van der Waals surface area (Å²) in [6.07, 6.45) is 5.26. The maximum absolute atomic E-state index is 4.36. The van der Waals surface area contributed by atoms with Gasteiger partial charge in [-0.2, -0.15) is 0 Å². The van der Waals surface area contributed by atoms with Crippen LogP contribution in [0.25, 0.3) is 0 Å². The number of hydrogen-bond donors (Lipinski definition) is 2. The summed E-state index contributed by atoms with van der Waals surface area (Å²) in [7, 11) is 1.87. The van der Waals surface area contributed by atoms with Crippen LogP contribution in [0.4, 0.5) is 0 Å². The standard InChI is InChI=1S/C20H33N5/c1-21-20(23-19-9-5-6-10-19)22-11-12-24-13-15-25(16-14-24)17-18-7-3-2-4-8-18/h2-4,7-8,19H,5-6,9-17H2,1H3,(H2,21,22,23). The minimum Gasteiger partial charge on any atom is -0.355 e. The first-order valence-electron chi connectivity index (χ1n) is 9.79. The Hall–Kier alpha value is -1.59. The third-order valence-electron chi connectivity index (χ3n) is 5.35. The molecule has 5 heteroatoms. The van der Waals surface area contributed by atoms with Crippen molar-refractivity contribution in [3.05, 3.63) is 35.9 Å². The zero-order valence-corrected chi connectivity index (χ0v) is 15.6. The van der Waals surface area contributed by atoms with Crippen molar-refractivity contribution in [2.45, 2.75) is 38.3 Å². The van der Waals surface area contributed by atoms with Crippen molar-refractivity contribution in [2.24, 2.45) is 4.99 Å². The quantitative estimate of drug-likeness (QED) is 0.612. The molecule has 2 fully saturated rings. The van der Waals surface area contributed by atoms with Crippen molar-refractivity contribution >= 4 is 5.96 Å². The molecule has 1 heterocycles. The lowest BCUT2D eigenvalue weighted by Crippen LogP contribution is -2.49. The second-order valence-electron chi connectivity index (χ2n) is 7.23. The van der Waals surface area contributed by atoms with Crippen molar-refractivity contribution in [1.29, 1.82) is 0 Å². The van der Waals surface area contributed by atoms with Crippen LogP contribution in [0, 0.1) is 0 Å². The predicted molar refractivity (Wildman–Crippen MR) is 105 cm³/mol. The van der Waals surface area contributed by atoms with Gasteiger partial charge >= 0.3 is 0 Å². The van der Waals surface area contributed by atoms with Crippen molar-refractivity contribution in [2.75, 3.05) is 46.3 Å². The molecular formula is C20H33N5. The summed E-state index contributed by atoms with van der Waals surface area (Å²) in [6.45, 7) is 7.75. The van der Waals surface area contributed by atoms with Gasteiger partial charge in [0, 0.05) is 58.9 Å². The third kappa shape index (κ3) is 6.01. The van der Waals surface area contributed by atoms with Gasteiger partial charge in [-0.3, -0.25) is 14.8 Å². The van der Waals surface area contributed by atoms with Crippen LogP contribution in [-0.2, 0) is 6.54 Å². The number of aliphatic imine (C=N–C) groups is 1. The average molecular weight is 344 g/mol. The zero-order valence-electron chi connectivity index (χ0n) is 15.6. The monoisotopic (exact) mass is 343 g/mol. The van der Waals surface area contributed by atoms with E-state index in [9.17, 15) is 0 Å². The van der Waals surface area contributed by atoms with Gasteiger partial charge in [0.05, 0.1) is 0 Å². The highest BCUT2D eigenvalue weighted by Crippen LogP contribution is 2.17. The van der Waals surface area contributed by atoms with Crippen molar-refractivity contribution in [3.8, 4) is 0 Å². The first kappa shape index (κ1) is 18.2. The van der Waals surface area contributed by atoms with Crippen LogP contribution >= 0.6 is 0 Å². The normalized spacial score (nSPS) is 20.8. The van der Waals surface area contributed by atoms with Gasteiger partial charge in [-0.25, -0.2) is 0 Å². The van der Waals surface area contributed by atoms with Crippen molar-refractivity contribution in [1.82, 2.24) is 20.4 Å².